The highest BCUT2D eigenvalue weighted by Gasteiger charge is 2.29. The van der Waals surface area contributed by atoms with Gasteiger partial charge in [0.25, 0.3) is 0 Å². The third-order valence-corrected chi connectivity index (χ3v) is 4.25. The largest absolute Gasteiger partial charge is 0.481 e. The molecule has 1 aliphatic heterocycles. The molecule has 1 N–H and O–H groups in total. The topological polar surface area (TPSA) is 66.8 Å². The fourth-order valence-electron chi connectivity index (χ4n) is 2.17. The molecule has 0 bridgehead atoms. The molecule has 1 fully saturated rings. The van der Waals surface area contributed by atoms with Gasteiger partial charge in [0, 0.05) is 18.0 Å². The number of thiophene rings is 1. The number of aliphatic carboxylic acids is 1. The van der Waals surface area contributed by atoms with Crippen molar-refractivity contribution in [3.63, 3.8) is 0 Å². The summed E-state index contributed by atoms with van der Waals surface area (Å²) in [4.78, 5) is 25.8. The monoisotopic (exact) mass is 283 g/mol. The molecule has 1 aromatic rings. The molecule has 2 atom stereocenters. The van der Waals surface area contributed by atoms with Gasteiger partial charge in [0.05, 0.1) is 25.0 Å². The Hall–Kier alpha value is -1.40. The predicted octanol–water partition coefficient (Wildman–Crippen LogP) is 1.55. The van der Waals surface area contributed by atoms with Gasteiger partial charge in [-0.1, -0.05) is 6.07 Å². The zero-order valence-corrected chi connectivity index (χ0v) is 11.6. The van der Waals surface area contributed by atoms with Crippen molar-refractivity contribution in [1.82, 2.24) is 4.90 Å². The Morgan fingerprint density at radius 2 is 2.42 bits per heavy atom. The molecule has 0 saturated carbocycles. The van der Waals surface area contributed by atoms with E-state index in [4.69, 9.17) is 9.84 Å². The molecule has 1 saturated heterocycles. The first-order chi connectivity index (χ1) is 9.08. The second-order valence-electron chi connectivity index (χ2n) is 4.61. The number of hydrogen-bond acceptors (Lipinski definition) is 4. The molecule has 6 heteroatoms. The van der Waals surface area contributed by atoms with E-state index in [2.05, 4.69) is 0 Å². The molecule has 19 heavy (non-hydrogen) atoms. The van der Waals surface area contributed by atoms with Crippen LogP contribution >= 0.6 is 11.3 Å². The summed E-state index contributed by atoms with van der Waals surface area (Å²) in [6.45, 7) is 3.18. The molecule has 104 valence electrons. The summed E-state index contributed by atoms with van der Waals surface area (Å²) in [7, 11) is 0. The van der Waals surface area contributed by atoms with Gasteiger partial charge in [0.1, 0.15) is 0 Å². The minimum absolute atomic E-state index is 0.0427. The first kappa shape index (κ1) is 14.0. The van der Waals surface area contributed by atoms with Gasteiger partial charge in [0.15, 0.2) is 0 Å². The van der Waals surface area contributed by atoms with Crippen LogP contribution in [0.2, 0.25) is 0 Å². The highest BCUT2D eigenvalue weighted by atomic mass is 32.1. The number of ether oxygens (including phenoxy) is 1. The summed E-state index contributed by atoms with van der Waals surface area (Å²) >= 11 is 1.56. The zero-order chi connectivity index (χ0) is 13.8. The molecule has 0 spiro atoms. The number of carboxylic acid groups (broad SMARTS) is 1. The molecule has 0 unspecified atom stereocenters. The average Bonchev–Trinajstić information content (AvgIpc) is 2.90. The van der Waals surface area contributed by atoms with E-state index in [-0.39, 0.29) is 18.2 Å². The van der Waals surface area contributed by atoms with E-state index < -0.39 is 12.1 Å². The second-order valence-corrected chi connectivity index (χ2v) is 5.59. The van der Waals surface area contributed by atoms with Crippen molar-refractivity contribution in [2.75, 3.05) is 19.7 Å². The van der Waals surface area contributed by atoms with Crippen LogP contribution in [0.4, 0.5) is 0 Å². The molecule has 1 aromatic heterocycles. The van der Waals surface area contributed by atoms with Crippen LogP contribution in [0.3, 0.4) is 0 Å². The van der Waals surface area contributed by atoms with E-state index in [0.29, 0.717) is 19.7 Å². The van der Waals surface area contributed by atoms with Crippen molar-refractivity contribution in [2.24, 2.45) is 0 Å². The van der Waals surface area contributed by atoms with Gasteiger partial charge >= 0.3 is 5.97 Å². The van der Waals surface area contributed by atoms with Crippen molar-refractivity contribution in [1.29, 1.82) is 0 Å². The van der Waals surface area contributed by atoms with Crippen molar-refractivity contribution >= 4 is 23.2 Å². The van der Waals surface area contributed by atoms with Crippen LogP contribution in [-0.2, 0) is 14.3 Å². The lowest BCUT2D eigenvalue weighted by molar-refractivity contribution is -0.148. The molecular weight excluding hydrogens is 266 g/mol. The molecule has 0 aliphatic carbocycles. The fraction of sp³-hybridized carbons (Fsp3) is 0.538. The second kappa shape index (κ2) is 6.16. The first-order valence-electron chi connectivity index (χ1n) is 6.23. The maximum Gasteiger partial charge on any atom is 0.306 e. The summed E-state index contributed by atoms with van der Waals surface area (Å²) in [6, 6.07) is 3.87. The predicted molar refractivity (Wildman–Crippen MR) is 71.3 cm³/mol. The standard InChI is InChI=1S/C13H17NO4S/c1-9(11-3-2-6-19-11)13(17)14-4-5-18-10(8-14)7-12(15)16/h2-3,6,9-10H,4-5,7-8H2,1H3,(H,15,16)/t9-,10-/m0/s1. The van der Waals surface area contributed by atoms with Gasteiger partial charge in [-0.2, -0.15) is 0 Å². The van der Waals surface area contributed by atoms with Crippen LogP contribution in [0.1, 0.15) is 24.1 Å². The Kier molecular flexibility index (Phi) is 4.55. The number of hydrogen-bond donors (Lipinski definition) is 1. The smallest absolute Gasteiger partial charge is 0.306 e. The summed E-state index contributed by atoms with van der Waals surface area (Å²) in [6.07, 6.45) is -0.456. The van der Waals surface area contributed by atoms with Crippen molar-refractivity contribution in [3.8, 4) is 0 Å². The number of morpholine rings is 1. The third-order valence-electron chi connectivity index (χ3n) is 3.19. The molecule has 0 radical (unpaired) electrons. The van der Waals surface area contributed by atoms with E-state index in [0.717, 1.165) is 4.88 Å². The molecule has 0 aromatic carbocycles. The Bertz CT molecular complexity index is 446. The van der Waals surface area contributed by atoms with E-state index in [1.165, 1.54) is 0 Å². The molecule has 2 heterocycles. The van der Waals surface area contributed by atoms with E-state index >= 15 is 0 Å². The minimum atomic E-state index is -0.898. The van der Waals surface area contributed by atoms with E-state index in [1.807, 2.05) is 24.4 Å². The van der Waals surface area contributed by atoms with Crippen LogP contribution in [0, 0.1) is 0 Å². The lowest BCUT2D eigenvalue weighted by Gasteiger charge is -2.33. The number of carboxylic acids is 1. The fourth-order valence-corrected chi connectivity index (χ4v) is 2.95. The molecule has 1 aliphatic rings. The third kappa shape index (κ3) is 3.54. The number of rotatable bonds is 4. The number of carbonyl (C=O) groups is 2. The van der Waals surface area contributed by atoms with Gasteiger partial charge in [-0.25, -0.2) is 0 Å². The Morgan fingerprint density at radius 1 is 1.63 bits per heavy atom. The van der Waals surface area contributed by atoms with Gasteiger partial charge in [-0.3, -0.25) is 9.59 Å². The van der Waals surface area contributed by atoms with Gasteiger partial charge in [-0.15, -0.1) is 11.3 Å². The normalized spacial score (nSPS) is 21.1. The summed E-state index contributed by atoms with van der Waals surface area (Å²) in [5, 5.41) is 10.7. The van der Waals surface area contributed by atoms with Crippen LogP contribution in [-0.4, -0.2) is 47.7 Å². The number of carbonyl (C=O) groups excluding carboxylic acids is 1. The SMILES string of the molecule is C[C@H](C(=O)N1CCO[C@@H](CC(=O)O)C1)c1cccs1. The number of nitrogens with zero attached hydrogens (tertiary/aromatic N) is 1. The lowest BCUT2D eigenvalue weighted by Crippen LogP contribution is -2.47. The average molecular weight is 283 g/mol. The first-order valence-corrected chi connectivity index (χ1v) is 7.11. The summed E-state index contributed by atoms with van der Waals surface area (Å²) in [5.41, 5.74) is 0. The van der Waals surface area contributed by atoms with Gasteiger partial charge < -0.3 is 14.7 Å². The highest BCUT2D eigenvalue weighted by Crippen LogP contribution is 2.24. The van der Waals surface area contributed by atoms with Crippen LogP contribution in [0.5, 0.6) is 0 Å². The van der Waals surface area contributed by atoms with E-state index in [1.54, 1.807) is 16.2 Å². The van der Waals surface area contributed by atoms with Crippen LogP contribution in [0.15, 0.2) is 17.5 Å². The quantitative estimate of drug-likeness (QED) is 0.910. The number of amides is 1. The molecule has 2 rings (SSSR count). The van der Waals surface area contributed by atoms with E-state index in [9.17, 15) is 9.59 Å². The van der Waals surface area contributed by atoms with Crippen LogP contribution in [0.25, 0.3) is 0 Å². The summed E-state index contributed by atoms with van der Waals surface area (Å²) in [5.74, 6) is -1.03. The Labute approximate surface area is 115 Å². The Morgan fingerprint density at radius 3 is 3.05 bits per heavy atom. The zero-order valence-electron chi connectivity index (χ0n) is 10.7. The van der Waals surface area contributed by atoms with Crippen molar-refractivity contribution in [2.45, 2.75) is 25.4 Å². The summed E-state index contributed by atoms with van der Waals surface area (Å²) < 4.78 is 5.37. The molecular formula is C13H17NO4S. The van der Waals surface area contributed by atoms with Gasteiger partial charge in [-0.05, 0) is 18.4 Å². The minimum Gasteiger partial charge on any atom is -0.481 e. The molecule has 1 amide bonds. The Balaban J connectivity index is 1.97. The van der Waals surface area contributed by atoms with Crippen LogP contribution < -0.4 is 0 Å². The maximum atomic E-state index is 12.4. The van der Waals surface area contributed by atoms with Crippen molar-refractivity contribution < 1.29 is 19.4 Å². The molecule has 5 nitrogen and oxygen atoms in total. The maximum absolute atomic E-state index is 12.4. The van der Waals surface area contributed by atoms with Gasteiger partial charge in [0.2, 0.25) is 5.91 Å². The van der Waals surface area contributed by atoms with Crippen molar-refractivity contribution in [3.05, 3.63) is 22.4 Å². The highest BCUT2D eigenvalue weighted by molar-refractivity contribution is 7.10. The lowest BCUT2D eigenvalue weighted by atomic mass is 10.1.